The maximum atomic E-state index is 12.8. The predicted octanol–water partition coefficient (Wildman–Crippen LogP) is 3.69. The molecule has 3 aromatic rings. The maximum Gasteiger partial charge on any atom is 0.282 e. The topological polar surface area (TPSA) is 93.3 Å². The molecule has 0 unspecified atom stereocenters. The summed E-state index contributed by atoms with van der Waals surface area (Å²) in [6.07, 6.45) is 5.54. The smallest absolute Gasteiger partial charge is 0.282 e. The Labute approximate surface area is 174 Å². The molecule has 8 heteroatoms. The fourth-order valence-corrected chi connectivity index (χ4v) is 3.69. The summed E-state index contributed by atoms with van der Waals surface area (Å²) >= 11 is 0. The Kier molecular flexibility index (Phi) is 5.74. The van der Waals surface area contributed by atoms with E-state index in [4.69, 9.17) is 0 Å². The predicted molar refractivity (Wildman–Crippen MR) is 113 cm³/mol. The van der Waals surface area contributed by atoms with Crippen LogP contribution in [-0.4, -0.2) is 38.6 Å². The van der Waals surface area contributed by atoms with Crippen LogP contribution in [0.25, 0.3) is 0 Å². The number of carbonyl (C=O) groups is 1. The van der Waals surface area contributed by atoms with Gasteiger partial charge in [0.05, 0.1) is 11.5 Å². The normalized spacial score (nSPS) is 13.4. The van der Waals surface area contributed by atoms with Crippen LogP contribution in [0.15, 0.2) is 60.9 Å². The van der Waals surface area contributed by atoms with Gasteiger partial charge in [-0.3, -0.25) is 19.6 Å². The maximum absolute atomic E-state index is 12.8. The Morgan fingerprint density at radius 1 is 1.10 bits per heavy atom. The minimum Gasteiger partial charge on any atom is -0.381 e. The van der Waals surface area contributed by atoms with Gasteiger partial charge in [-0.25, -0.2) is 0 Å². The molecule has 0 radical (unpaired) electrons. The number of anilines is 1. The Hall–Kier alpha value is -3.68. The van der Waals surface area contributed by atoms with Crippen LogP contribution in [0.2, 0.25) is 0 Å². The van der Waals surface area contributed by atoms with E-state index in [9.17, 15) is 14.9 Å². The molecule has 0 saturated carbocycles. The van der Waals surface area contributed by atoms with E-state index in [1.807, 2.05) is 35.1 Å². The molecule has 8 nitrogen and oxygen atoms in total. The van der Waals surface area contributed by atoms with E-state index in [2.05, 4.69) is 16.5 Å². The number of nitro benzene ring substituents is 1. The number of aromatic nitrogens is 2. The third-order valence-electron chi connectivity index (χ3n) is 5.21. The van der Waals surface area contributed by atoms with E-state index in [1.54, 1.807) is 23.2 Å². The number of amides is 1. The van der Waals surface area contributed by atoms with Gasteiger partial charge in [-0.2, -0.15) is 5.10 Å². The highest BCUT2D eigenvalue weighted by molar-refractivity contribution is 5.99. The number of carbonyl (C=O) groups excluding carboxylic acids is 1. The van der Waals surface area contributed by atoms with Crippen molar-refractivity contribution in [1.82, 2.24) is 14.7 Å². The van der Waals surface area contributed by atoms with E-state index in [0.29, 0.717) is 31.9 Å². The zero-order chi connectivity index (χ0) is 20.9. The van der Waals surface area contributed by atoms with Crippen LogP contribution in [0, 0.1) is 10.1 Å². The first-order valence-corrected chi connectivity index (χ1v) is 9.97. The number of benzene rings is 2. The molecule has 1 N–H and O–H groups in total. The Morgan fingerprint density at radius 3 is 2.63 bits per heavy atom. The van der Waals surface area contributed by atoms with Crippen LogP contribution < -0.4 is 5.32 Å². The second kappa shape index (κ2) is 8.77. The first kappa shape index (κ1) is 19.6. The van der Waals surface area contributed by atoms with Gasteiger partial charge in [-0.05, 0) is 42.2 Å². The number of likely N-dealkylation sites (tertiary alicyclic amines) is 1. The summed E-state index contributed by atoms with van der Waals surface area (Å²) in [4.78, 5) is 25.4. The molecule has 0 spiro atoms. The van der Waals surface area contributed by atoms with Gasteiger partial charge in [0.15, 0.2) is 0 Å². The summed E-state index contributed by atoms with van der Waals surface area (Å²) in [7, 11) is 0. The van der Waals surface area contributed by atoms with Gasteiger partial charge in [0, 0.05) is 43.8 Å². The summed E-state index contributed by atoms with van der Waals surface area (Å²) in [5, 5.41) is 18.9. The molecule has 0 bridgehead atoms. The zero-order valence-electron chi connectivity index (χ0n) is 16.5. The molecule has 4 rings (SSSR count). The monoisotopic (exact) mass is 405 g/mol. The van der Waals surface area contributed by atoms with Gasteiger partial charge < -0.3 is 10.2 Å². The molecule has 1 fully saturated rings. The molecule has 1 aliphatic rings. The lowest BCUT2D eigenvalue weighted by atomic mass is 10.1. The summed E-state index contributed by atoms with van der Waals surface area (Å²) in [5.41, 5.74) is 2.87. The van der Waals surface area contributed by atoms with Crippen molar-refractivity contribution in [2.45, 2.75) is 25.9 Å². The van der Waals surface area contributed by atoms with Crippen molar-refractivity contribution in [3.05, 3.63) is 87.7 Å². The van der Waals surface area contributed by atoms with Crippen LogP contribution in [0.5, 0.6) is 0 Å². The lowest BCUT2D eigenvalue weighted by Crippen LogP contribution is -2.28. The van der Waals surface area contributed by atoms with Crippen LogP contribution in [0.3, 0.4) is 0 Å². The summed E-state index contributed by atoms with van der Waals surface area (Å²) in [6, 6.07) is 14.7. The number of rotatable bonds is 7. The van der Waals surface area contributed by atoms with E-state index in [0.717, 1.165) is 24.0 Å². The molecule has 1 aliphatic heterocycles. The summed E-state index contributed by atoms with van der Waals surface area (Å²) in [5.74, 6) is -0.274. The molecular weight excluding hydrogens is 382 g/mol. The van der Waals surface area contributed by atoms with Gasteiger partial charge in [0.25, 0.3) is 11.6 Å². The Morgan fingerprint density at radius 2 is 1.90 bits per heavy atom. The molecular formula is C22H23N5O3. The number of hydrogen-bond donors (Lipinski definition) is 1. The van der Waals surface area contributed by atoms with Crippen LogP contribution in [0.1, 0.15) is 34.3 Å². The molecule has 1 amide bonds. The molecule has 1 saturated heterocycles. The number of nitrogens with one attached hydrogen (secondary N) is 1. The van der Waals surface area contributed by atoms with Crippen molar-refractivity contribution in [2.75, 3.05) is 18.4 Å². The highest BCUT2D eigenvalue weighted by Crippen LogP contribution is 2.26. The number of nitro groups is 1. The quantitative estimate of drug-likeness (QED) is 0.478. The second-order valence-corrected chi connectivity index (χ2v) is 7.37. The first-order valence-electron chi connectivity index (χ1n) is 9.97. The lowest BCUT2D eigenvalue weighted by molar-refractivity contribution is -0.385. The zero-order valence-corrected chi connectivity index (χ0v) is 16.5. The molecule has 2 aromatic carbocycles. The van der Waals surface area contributed by atoms with Crippen molar-refractivity contribution >= 4 is 17.3 Å². The Bertz CT molecular complexity index is 1040. The highest BCUT2D eigenvalue weighted by Gasteiger charge is 2.26. The lowest BCUT2D eigenvalue weighted by Gasteiger charge is -2.16. The second-order valence-electron chi connectivity index (χ2n) is 7.37. The van der Waals surface area contributed by atoms with Crippen molar-refractivity contribution in [3.63, 3.8) is 0 Å². The van der Waals surface area contributed by atoms with E-state index in [-0.39, 0.29) is 17.2 Å². The van der Waals surface area contributed by atoms with Gasteiger partial charge in [0.1, 0.15) is 5.56 Å². The van der Waals surface area contributed by atoms with Gasteiger partial charge in [0.2, 0.25) is 0 Å². The van der Waals surface area contributed by atoms with Crippen molar-refractivity contribution < 1.29 is 9.72 Å². The van der Waals surface area contributed by atoms with E-state index >= 15 is 0 Å². The average molecular weight is 405 g/mol. The van der Waals surface area contributed by atoms with Crippen molar-refractivity contribution in [3.8, 4) is 0 Å². The highest BCUT2D eigenvalue weighted by atomic mass is 16.6. The summed E-state index contributed by atoms with van der Waals surface area (Å²) in [6.45, 7) is 2.53. The minimum absolute atomic E-state index is 0.138. The average Bonchev–Trinajstić information content (AvgIpc) is 3.46. The van der Waals surface area contributed by atoms with Crippen molar-refractivity contribution in [2.24, 2.45) is 0 Å². The third kappa shape index (κ3) is 4.48. The molecule has 2 heterocycles. The van der Waals surface area contributed by atoms with Gasteiger partial charge in [-0.1, -0.05) is 24.3 Å². The molecule has 1 aromatic heterocycles. The fourth-order valence-electron chi connectivity index (χ4n) is 3.69. The minimum atomic E-state index is -0.494. The van der Waals surface area contributed by atoms with Crippen LogP contribution in [0.4, 0.5) is 11.4 Å². The molecule has 30 heavy (non-hydrogen) atoms. The van der Waals surface area contributed by atoms with Gasteiger partial charge >= 0.3 is 0 Å². The van der Waals surface area contributed by atoms with Crippen LogP contribution in [-0.2, 0) is 13.1 Å². The van der Waals surface area contributed by atoms with E-state index in [1.165, 1.54) is 6.07 Å². The van der Waals surface area contributed by atoms with E-state index < -0.39 is 4.92 Å². The fraction of sp³-hybridized carbons (Fsp3) is 0.273. The molecule has 154 valence electrons. The Balaban J connectivity index is 1.49. The van der Waals surface area contributed by atoms with Gasteiger partial charge in [-0.15, -0.1) is 0 Å². The van der Waals surface area contributed by atoms with Crippen molar-refractivity contribution in [1.29, 1.82) is 0 Å². The first-order chi connectivity index (χ1) is 14.6. The van der Waals surface area contributed by atoms with Crippen LogP contribution >= 0.6 is 0 Å². The largest absolute Gasteiger partial charge is 0.381 e. The molecule has 0 atom stereocenters. The summed E-state index contributed by atoms with van der Waals surface area (Å²) < 4.78 is 1.86. The third-order valence-corrected chi connectivity index (χ3v) is 5.21. The SMILES string of the molecule is O=C(c1cc(NCc2cccc(Cn3cccn3)c2)ccc1[N+](=O)[O-])N1CCCC1. The molecule has 0 aliphatic carbocycles. The number of nitrogens with zero attached hydrogens (tertiary/aromatic N) is 4. The standard InChI is InChI=1S/C22H23N5O3/c28-22(25-10-1-2-11-25)20-14-19(7-8-21(20)27(29)30)23-15-17-5-3-6-18(13-17)16-26-12-4-9-24-26/h3-9,12-14,23H,1-2,10-11,15-16H2. The number of hydrogen-bond acceptors (Lipinski definition) is 5.